The van der Waals surface area contributed by atoms with Crippen LogP contribution in [0.4, 0.5) is 0 Å². The molecule has 3 rings (SSSR count). The van der Waals surface area contributed by atoms with E-state index in [4.69, 9.17) is 4.74 Å². The van der Waals surface area contributed by atoms with Crippen molar-refractivity contribution in [3.63, 3.8) is 0 Å². The number of morpholine rings is 1. The molecule has 0 aliphatic carbocycles. The number of hydrogen-bond acceptors (Lipinski definition) is 4. The zero-order chi connectivity index (χ0) is 15.0. The van der Waals surface area contributed by atoms with E-state index in [1.54, 1.807) is 29.3 Å². The Hall–Kier alpha value is -2.21. The molecule has 0 saturated carbocycles. The van der Waals surface area contributed by atoms with Crippen LogP contribution < -0.4 is 5.56 Å². The summed E-state index contributed by atoms with van der Waals surface area (Å²) in [7, 11) is 0. The van der Waals surface area contributed by atoms with Crippen LogP contribution in [-0.2, 0) is 4.74 Å². The smallest absolute Gasteiger partial charge is 0.270 e. The molecule has 2 aromatic rings. The second-order valence-electron chi connectivity index (χ2n) is 5.36. The van der Waals surface area contributed by atoms with Gasteiger partial charge in [-0.3, -0.25) is 14.0 Å². The molecule has 0 spiro atoms. The Morgan fingerprint density at radius 1 is 1.38 bits per heavy atom. The lowest BCUT2D eigenvalue weighted by molar-refractivity contribution is -0.0387. The zero-order valence-electron chi connectivity index (χ0n) is 12.0. The highest BCUT2D eigenvalue weighted by atomic mass is 16.5. The normalized spacial score (nSPS) is 22.5. The molecule has 1 amide bonds. The SMILES string of the molecule is CC1CN(C(=O)c2cnc3ccccn3c2=O)C(C)CO1. The third-order valence-electron chi connectivity index (χ3n) is 3.71. The lowest BCUT2D eigenvalue weighted by atomic mass is 10.1. The summed E-state index contributed by atoms with van der Waals surface area (Å²) in [5.41, 5.74) is 0.291. The Balaban J connectivity index is 2.02. The van der Waals surface area contributed by atoms with Crippen LogP contribution in [0.15, 0.2) is 35.4 Å². The standard InChI is InChI=1S/C15H17N3O3/c1-10-9-21-11(2)8-18(10)15(20)12-7-16-13-5-3-4-6-17(13)14(12)19/h3-7,10-11H,8-9H2,1-2H3. The van der Waals surface area contributed by atoms with Crippen molar-refractivity contribution in [1.82, 2.24) is 14.3 Å². The van der Waals surface area contributed by atoms with Gasteiger partial charge >= 0.3 is 0 Å². The second-order valence-corrected chi connectivity index (χ2v) is 5.36. The first-order chi connectivity index (χ1) is 10.1. The summed E-state index contributed by atoms with van der Waals surface area (Å²) in [5, 5.41) is 0. The molecule has 0 radical (unpaired) electrons. The van der Waals surface area contributed by atoms with Crippen molar-refractivity contribution in [2.24, 2.45) is 0 Å². The molecule has 2 atom stereocenters. The predicted octanol–water partition coefficient (Wildman–Crippen LogP) is 0.944. The largest absolute Gasteiger partial charge is 0.375 e. The summed E-state index contributed by atoms with van der Waals surface area (Å²) in [6.07, 6.45) is 2.96. The zero-order valence-corrected chi connectivity index (χ0v) is 12.0. The molecule has 1 aliphatic rings. The molecule has 2 unspecified atom stereocenters. The third-order valence-corrected chi connectivity index (χ3v) is 3.71. The Morgan fingerprint density at radius 2 is 2.19 bits per heavy atom. The molecule has 1 fully saturated rings. The molecule has 21 heavy (non-hydrogen) atoms. The lowest BCUT2D eigenvalue weighted by Gasteiger charge is -2.36. The predicted molar refractivity (Wildman–Crippen MR) is 77.4 cm³/mol. The number of amides is 1. The molecular weight excluding hydrogens is 270 g/mol. The summed E-state index contributed by atoms with van der Waals surface area (Å²) >= 11 is 0. The van der Waals surface area contributed by atoms with E-state index in [9.17, 15) is 9.59 Å². The van der Waals surface area contributed by atoms with E-state index in [0.29, 0.717) is 18.8 Å². The highest BCUT2D eigenvalue weighted by Crippen LogP contribution is 2.14. The van der Waals surface area contributed by atoms with E-state index in [0.717, 1.165) is 0 Å². The number of ether oxygens (including phenoxy) is 1. The van der Waals surface area contributed by atoms with Crippen LogP contribution >= 0.6 is 0 Å². The van der Waals surface area contributed by atoms with Gasteiger partial charge in [-0.05, 0) is 26.0 Å². The van der Waals surface area contributed by atoms with Crippen LogP contribution in [0.25, 0.3) is 5.65 Å². The van der Waals surface area contributed by atoms with Gasteiger partial charge in [-0.2, -0.15) is 0 Å². The van der Waals surface area contributed by atoms with E-state index in [1.807, 2.05) is 13.8 Å². The highest BCUT2D eigenvalue weighted by Gasteiger charge is 2.29. The van der Waals surface area contributed by atoms with Gasteiger partial charge in [-0.1, -0.05) is 6.07 Å². The van der Waals surface area contributed by atoms with Gasteiger partial charge in [0.2, 0.25) is 0 Å². The molecule has 1 saturated heterocycles. The first kappa shape index (κ1) is 13.8. The molecule has 110 valence electrons. The van der Waals surface area contributed by atoms with E-state index in [2.05, 4.69) is 4.98 Å². The van der Waals surface area contributed by atoms with E-state index < -0.39 is 0 Å². The van der Waals surface area contributed by atoms with Crippen LogP contribution in [0.5, 0.6) is 0 Å². The van der Waals surface area contributed by atoms with Crippen molar-refractivity contribution < 1.29 is 9.53 Å². The van der Waals surface area contributed by atoms with Gasteiger partial charge in [0.05, 0.1) is 18.8 Å². The van der Waals surface area contributed by atoms with E-state index >= 15 is 0 Å². The molecular formula is C15H17N3O3. The number of rotatable bonds is 1. The van der Waals surface area contributed by atoms with Crippen molar-refractivity contribution in [3.8, 4) is 0 Å². The summed E-state index contributed by atoms with van der Waals surface area (Å²) in [6.45, 7) is 4.79. The van der Waals surface area contributed by atoms with Crippen LogP contribution in [0.3, 0.4) is 0 Å². The number of fused-ring (bicyclic) bond motifs is 1. The minimum Gasteiger partial charge on any atom is -0.375 e. The molecule has 6 heteroatoms. The minimum atomic E-state index is -0.336. The van der Waals surface area contributed by atoms with Crippen LogP contribution in [-0.4, -0.2) is 45.5 Å². The van der Waals surface area contributed by atoms with Crippen molar-refractivity contribution in [2.45, 2.75) is 26.0 Å². The fourth-order valence-corrected chi connectivity index (χ4v) is 2.51. The van der Waals surface area contributed by atoms with E-state index in [1.165, 1.54) is 10.6 Å². The van der Waals surface area contributed by atoms with E-state index in [-0.39, 0.29) is 29.2 Å². The first-order valence-corrected chi connectivity index (χ1v) is 6.97. The molecule has 0 bridgehead atoms. The number of pyridine rings is 1. The minimum absolute atomic E-state index is 0.0266. The fourth-order valence-electron chi connectivity index (χ4n) is 2.51. The molecule has 0 N–H and O–H groups in total. The number of aromatic nitrogens is 2. The lowest BCUT2D eigenvalue weighted by Crippen LogP contribution is -2.51. The van der Waals surface area contributed by atoms with Crippen LogP contribution in [0, 0.1) is 0 Å². The average Bonchev–Trinajstić information content (AvgIpc) is 2.50. The van der Waals surface area contributed by atoms with Crippen molar-refractivity contribution in [3.05, 3.63) is 46.5 Å². The second kappa shape index (κ2) is 5.29. The molecule has 3 heterocycles. The average molecular weight is 287 g/mol. The Labute approximate surface area is 122 Å². The topological polar surface area (TPSA) is 63.9 Å². The number of carbonyl (C=O) groups is 1. The first-order valence-electron chi connectivity index (χ1n) is 6.97. The molecule has 1 aliphatic heterocycles. The number of hydrogen-bond donors (Lipinski definition) is 0. The van der Waals surface area contributed by atoms with Crippen LogP contribution in [0.2, 0.25) is 0 Å². The third kappa shape index (κ3) is 2.42. The quantitative estimate of drug-likeness (QED) is 0.783. The molecule has 6 nitrogen and oxygen atoms in total. The summed E-state index contributed by atoms with van der Waals surface area (Å²) in [5.74, 6) is -0.284. The van der Waals surface area contributed by atoms with Gasteiger partial charge in [-0.25, -0.2) is 4.98 Å². The van der Waals surface area contributed by atoms with Crippen LogP contribution in [0.1, 0.15) is 24.2 Å². The number of nitrogens with zero attached hydrogens (tertiary/aromatic N) is 3. The number of carbonyl (C=O) groups excluding carboxylic acids is 1. The van der Waals surface area contributed by atoms with Gasteiger partial charge in [0.15, 0.2) is 0 Å². The van der Waals surface area contributed by atoms with Crippen molar-refractivity contribution in [2.75, 3.05) is 13.2 Å². The Morgan fingerprint density at radius 3 is 3.00 bits per heavy atom. The monoisotopic (exact) mass is 287 g/mol. The maximum atomic E-state index is 12.6. The summed E-state index contributed by atoms with van der Waals surface area (Å²) in [4.78, 5) is 31.0. The maximum Gasteiger partial charge on any atom is 0.270 e. The summed E-state index contributed by atoms with van der Waals surface area (Å²) in [6, 6.07) is 5.22. The maximum absolute atomic E-state index is 12.6. The summed E-state index contributed by atoms with van der Waals surface area (Å²) < 4.78 is 6.90. The Bertz CT molecular complexity index is 740. The Kier molecular flexibility index (Phi) is 3.47. The van der Waals surface area contributed by atoms with Gasteiger partial charge in [-0.15, -0.1) is 0 Å². The van der Waals surface area contributed by atoms with Crippen molar-refractivity contribution in [1.29, 1.82) is 0 Å². The van der Waals surface area contributed by atoms with Crippen molar-refractivity contribution >= 4 is 11.6 Å². The van der Waals surface area contributed by atoms with Gasteiger partial charge in [0.25, 0.3) is 11.5 Å². The van der Waals surface area contributed by atoms with Gasteiger partial charge in [0.1, 0.15) is 11.2 Å². The molecule has 0 aromatic carbocycles. The van der Waals surface area contributed by atoms with Gasteiger partial charge in [0, 0.05) is 18.9 Å². The van der Waals surface area contributed by atoms with Gasteiger partial charge < -0.3 is 9.64 Å². The molecule has 2 aromatic heterocycles. The fraction of sp³-hybridized carbons (Fsp3) is 0.400. The highest BCUT2D eigenvalue weighted by molar-refractivity contribution is 5.94.